The fraction of sp³-hybridized carbons (Fsp3) is 0.226. The van der Waals surface area contributed by atoms with Crippen molar-refractivity contribution in [2.24, 2.45) is 0 Å². The third-order valence-electron chi connectivity index (χ3n) is 6.18. The van der Waals surface area contributed by atoms with Crippen molar-refractivity contribution in [3.63, 3.8) is 0 Å². The Morgan fingerprint density at radius 2 is 1.71 bits per heavy atom. The highest BCUT2D eigenvalue weighted by Crippen LogP contribution is 2.23. The summed E-state index contributed by atoms with van der Waals surface area (Å²) in [5.41, 5.74) is 1.29. The van der Waals surface area contributed by atoms with Gasteiger partial charge in [0.05, 0.1) is 16.7 Å². The van der Waals surface area contributed by atoms with Crippen LogP contribution in [-0.4, -0.2) is 30.9 Å². The molecule has 0 saturated heterocycles. The number of carbonyl (C=O) groups excluding carboxylic acids is 3. The third kappa shape index (κ3) is 8.50. The average Bonchev–Trinajstić information content (AvgIpc) is 2.95. The average molecular weight is 639 g/mol. The van der Waals surface area contributed by atoms with Gasteiger partial charge >= 0.3 is 12.2 Å². The predicted octanol–water partition coefficient (Wildman–Crippen LogP) is 6.23. The summed E-state index contributed by atoms with van der Waals surface area (Å²) < 4.78 is 27.4. The Bertz CT molecular complexity index is 1580. The Balaban J connectivity index is 1.37. The number of rotatable bonds is 10. The number of nitrogens with one attached hydrogen (secondary N) is 3. The van der Waals surface area contributed by atoms with Gasteiger partial charge in [0, 0.05) is 11.8 Å². The van der Waals surface area contributed by atoms with Crippen LogP contribution in [0.1, 0.15) is 42.3 Å². The maximum Gasteiger partial charge on any atom is 0.413 e. The van der Waals surface area contributed by atoms with Gasteiger partial charge in [-0.2, -0.15) is 0 Å². The number of nitrogens with zero attached hydrogens (tertiary/aromatic N) is 1. The molecule has 4 aromatic rings. The summed E-state index contributed by atoms with van der Waals surface area (Å²) in [6.07, 6.45) is 0.683. The molecule has 0 spiro atoms. The van der Waals surface area contributed by atoms with Gasteiger partial charge in [-0.25, -0.2) is 18.5 Å². The zero-order valence-corrected chi connectivity index (χ0v) is 24.7. The summed E-state index contributed by atoms with van der Waals surface area (Å²) in [6, 6.07) is 20.2. The van der Waals surface area contributed by atoms with Gasteiger partial charge in [0.15, 0.2) is 18.6 Å². The number of carbonyl (C=O) groups is 3. The number of benzene rings is 3. The monoisotopic (exact) mass is 637 g/mol. The molecule has 2 unspecified atom stereocenters. The Labute approximate surface area is 251 Å². The van der Waals surface area contributed by atoms with Crippen molar-refractivity contribution in [2.75, 3.05) is 11.9 Å². The number of amides is 3. The molecule has 1 aromatic heterocycles. The van der Waals surface area contributed by atoms with E-state index in [1.54, 1.807) is 24.4 Å². The number of aryl methyl sites for hydroxylation is 1. The van der Waals surface area contributed by atoms with E-state index >= 15 is 0 Å². The van der Waals surface area contributed by atoms with Gasteiger partial charge < -0.3 is 14.8 Å². The van der Waals surface area contributed by atoms with Gasteiger partial charge in [0.25, 0.3) is 5.91 Å². The van der Waals surface area contributed by atoms with E-state index in [1.165, 1.54) is 25.1 Å². The summed E-state index contributed by atoms with van der Waals surface area (Å²) in [6.45, 7) is 4.09. The van der Waals surface area contributed by atoms with Gasteiger partial charge in [-0.1, -0.05) is 55.5 Å². The maximum absolute atomic E-state index is 14.0. The van der Waals surface area contributed by atoms with Crippen LogP contribution in [0.5, 0.6) is 0 Å². The topological polar surface area (TPSA) is 110 Å². The molecular formula is C31H31BrFN4O5+. The van der Waals surface area contributed by atoms with E-state index < -0.39 is 36.2 Å². The first kappa shape index (κ1) is 30.4. The summed E-state index contributed by atoms with van der Waals surface area (Å²) in [5, 5.41) is 9.64. The van der Waals surface area contributed by atoms with Gasteiger partial charge in [0.2, 0.25) is 0 Å². The van der Waals surface area contributed by atoms with E-state index in [0.717, 1.165) is 28.2 Å². The first-order chi connectivity index (χ1) is 20.2. The molecule has 42 heavy (non-hydrogen) atoms. The number of alkyl carbamates (subject to hydrolysis) is 1. The molecule has 1 heterocycles. The Kier molecular flexibility index (Phi) is 10.4. The minimum Gasteiger partial charge on any atom is -0.439 e. The SMILES string of the molecule is CCC[n+]1cc(Br)cc(C(=O)NCC(OC(=O)NC(C)OC(=O)Nc2cccc3ccccc23)c2cccc(F)c2)c1. The van der Waals surface area contributed by atoms with Crippen LogP contribution in [0, 0.1) is 5.82 Å². The minimum absolute atomic E-state index is 0.132. The lowest BCUT2D eigenvalue weighted by molar-refractivity contribution is -0.697. The maximum atomic E-state index is 14.0. The fourth-order valence-corrected chi connectivity index (χ4v) is 4.83. The van der Waals surface area contributed by atoms with Crippen LogP contribution in [0.2, 0.25) is 0 Å². The molecule has 3 aromatic carbocycles. The van der Waals surface area contributed by atoms with Crippen LogP contribution in [0.15, 0.2) is 89.7 Å². The number of fused-ring (bicyclic) bond motifs is 1. The highest BCUT2D eigenvalue weighted by molar-refractivity contribution is 9.10. The van der Waals surface area contributed by atoms with E-state index in [1.807, 2.05) is 54.1 Å². The van der Waals surface area contributed by atoms with Crippen molar-refractivity contribution < 1.29 is 32.8 Å². The van der Waals surface area contributed by atoms with Crippen molar-refractivity contribution in [3.8, 4) is 0 Å². The van der Waals surface area contributed by atoms with Crippen molar-refractivity contribution >= 4 is 50.5 Å². The molecule has 0 saturated carbocycles. The lowest BCUT2D eigenvalue weighted by Crippen LogP contribution is -2.40. The molecule has 2 atom stereocenters. The number of ether oxygens (including phenoxy) is 2. The Hall–Kier alpha value is -4.51. The molecule has 11 heteroatoms. The number of pyridine rings is 1. The smallest absolute Gasteiger partial charge is 0.413 e. The Morgan fingerprint density at radius 3 is 2.50 bits per heavy atom. The largest absolute Gasteiger partial charge is 0.439 e. The second kappa shape index (κ2) is 14.4. The third-order valence-corrected chi connectivity index (χ3v) is 6.61. The van der Waals surface area contributed by atoms with Crippen LogP contribution in [0.3, 0.4) is 0 Å². The molecule has 3 amide bonds. The molecule has 4 rings (SSSR count). The highest BCUT2D eigenvalue weighted by atomic mass is 79.9. The normalized spacial score (nSPS) is 12.2. The molecular weight excluding hydrogens is 607 g/mol. The molecule has 0 radical (unpaired) electrons. The van der Waals surface area contributed by atoms with Crippen molar-refractivity contribution in [1.29, 1.82) is 0 Å². The van der Waals surface area contributed by atoms with Gasteiger partial charge in [-0.05, 0) is 58.1 Å². The molecule has 3 N–H and O–H groups in total. The highest BCUT2D eigenvalue weighted by Gasteiger charge is 2.22. The van der Waals surface area contributed by atoms with Crippen LogP contribution >= 0.6 is 15.9 Å². The molecule has 0 aliphatic carbocycles. The number of aromatic nitrogens is 1. The Morgan fingerprint density at radius 1 is 0.952 bits per heavy atom. The number of halogens is 2. The summed E-state index contributed by atoms with van der Waals surface area (Å²) in [7, 11) is 0. The van der Waals surface area contributed by atoms with Crippen molar-refractivity contribution in [1.82, 2.24) is 10.6 Å². The zero-order chi connectivity index (χ0) is 30.1. The molecule has 0 aliphatic rings. The van der Waals surface area contributed by atoms with E-state index in [2.05, 4.69) is 31.9 Å². The molecule has 0 aliphatic heterocycles. The second-order valence-corrected chi connectivity index (χ2v) is 10.4. The summed E-state index contributed by atoms with van der Waals surface area (Å²) in [5.74, 6) is -0.921. The van der Waals surface area contributed by atoms with E-state index in [-0.39, 0.29) is 6.54 Å². The van der Waals surface area contributed by atoms with Crippen LogP contribution in [0.25, 0.3) is 10.8 Å². The fourth-order valence-electron chi connectivity index (χ4n) is 4.32. The van der Waals surface area contributed by atoms with E-state index in [0.29, 0.717) is 16.8 Å². The van der Waals surface area contributed by atoms with Crippen molar-refractivity contribution in [2.45, 2.75) is 39.1 Å². The number of hydrogen-bond donors (Lipinski definition) is 3. The van der Waals surface area contributed by atoms with Gasteiger partial charge in [-0.3, -0.25) is 15.4 Å². The van der Waals surface area contributed by atoms with Crippen LogP contribution in [-0.2, 0) is 16.0 Å². The second-order valence-electron chi connectivity index (χ2n) is 9.48. The van der Waals surface area contributed by atoms with Gasteiger partial charge in [0.1, 0.15) is 24.0 Å². The number of anilines is 1. The first-order valence-corrected chi connectivity index (χ1v) is 14.2. The lowest BCUT2D eigenvalue weighted by Gasteiger charge is -2.21. The zero-order valence-electron chi connectivity index (χ0n) is 23.1. The molecule has 9 nitrogen and oxygen atoms in total. The molecule has 0 bridgehead atoms. The lowest BCUT2D eigenvalue weighted by atomic mass is 10.1. The summed E-state index contributed by atoms with van der Waals surface area (Å²) >= 11 is 3.42. The minimum atomic E-state index is -1.06. The molecule has 218 valence electrons. The van der Waals surface area contributed by atoms with E-state index in [4.69, 9.17) is 9.47 Å². The molecule has 0 fully saturated rings. The first-order valence-electron chi connectivity index (χ1n) is 13.4. The predicted molar refractivity (Wildman–Crippen MR) is 159 cm³/mol. The summed E-state index contributed by atoms with van der Waals surface area (Å²) in [4.78, 5) is 38.2. The number of hydrogen-bond acceptors (Lipinski definition) is 5. The quantitative estimate of drug-likeness (QED) is 0.141. The van der Waals surface area contributed by atoms with E-state index in [9.17, 15) is 18.8 Å². The van der Waals surface area contributed by atoms with Gasteiger partial charge in [-0.15, -0.1) is 0 Å². The standard InChI is InChI=1S/C31H30BrFN4O5/c1-3-14-37-18-23(15-24(32)19-37)29(38)34-17-28(22-10-6-11-25(33)16-22)42-30(39)35-20(2)41-31(40)36-27-13-7-9-21-8-4-5-12-26(21)27/h4-13,15-16,18-20,28H,3,14,17H2,1-2H3,(H2-,34,35,36,38,39,40)/p+1. The van der Waals surface area contributed by atoms with Crippen LogP contribution < -0.4 is 20.5 Å². The van der Waals surface area contributed by atoms with Crippen molar-refractivity contribution in [3.05, 3.63) is 107 Å². The van der Waals surface area contributed by atoms with Crippen LogP contribution in [0.4, 0.5) is 19.7 Å².